The summed E-state index contributed by atoms with van der Waals surface area (Å²) in [4.78, 5) is 28.6. The van der Waals surface area contributed by atoms with Crippen molar-refractivity contribution in [2.45, 2.75) is 53.1 Å². The molecular formula is C30H35ClN2O3. The summed E-state index contributed by atoms with van der Waals surface area (Å²) < 4.78 is 5.90. The molecule has 5 nitrogen and oxygen atoms in total. The molecule has 3 rings (SSSR count). The molecule has 0 aliphatic rings. The summed E-state index contributed by atoms with van der Waals surface area (Å²) in [6.07, 6.45) is 1.22. The summed E-state index contributed by atoms with van der Waals surface area (Å²) in [6.45, 7) is 8.51. The van der Waals surface area contributed by atoms with Gasteiger partial charge in [0.2, 0.25) is 5.91 Å². The summed E-state index contributed by atoms with van der Waals surface area (Å²) >= 11 is 6.28. The van der Waals surface area contributed by atoms with Crippen molar-refractivity contribution in [2.75, 3.05) is 13.2 Å². The van der Waals surface area contributed by atoms with Crippen LogP contribution < -0.4 is 10.1 Å². The Kier molecular flexibility index (Phi) is 9.95. The van der Waals surface area contributed by atoms with Gasteiger partial charge in [-0.15, -0.1) is 0 Å². The van der Waals surface area contributed by atoms with Crippen molar-refractivity contribution in [3.8, 4) is 5.75 Å². The molecule has 0 aliphatic carbocycles. The van der Waals surface area contributed by atoms with Gasteiger partial charge in [0, 0.05) is 24.5 Å². The predicted molar refractivity (Wildman–Crippen MR) is 145 cm³/mol. The highest BCUT2D eigenvalue weighted by Crippen LogP contribution is 2.26. The fourth-order valence-corrected chi connectivity index (χ4v) is 4.14. The van der Waals surface area contributed by atoms with Crippen LogP contribution in [0.5, 0.6) is 5.75 Å². The fourth-order valence-electron chi connectivity index (χ4n) is 4.03. The summed E-state index contributed by atoms with van der Waals surface area (Å²) in [6, 6.07) is 20.7. The van der Waals surface area contributed by atoms with Crippen LogP contribution >= 0.6 is 11.6 Å². The van der Waals surface area contributed by atoms with E-state index in [1.165, 1.54) is 0 Å². The molecule has 36 heavy (non-hydrogen) atoms. The molecule has 3 aromatic rings. The van der Waals surface area contributed by atoms with Crippen molar-refractivity contribution < 1.29 is 14.3 Å². The average molecular weight is 507 g/mol. The molecule has 1 unspecified atom stereocenters. The summed E-state index contributed by atoms with van der Waals surface area (Å²) in [5.74, 6) is 0.154. The number of hydrogen-bond acceptors (Lipinski definition) is 3. The second-order valence-corrected chi connectivity index (χ2v) is 9.54. The third-order valence-electron chi connectivity index (χ3n) is 6.07. The monoisotopic (exact) mass is 506 g/mol. The van der Waals surface area contributed by atoms with Gasteiger partial charge in [0.05, 0.1) is 0 Å². The SMILES string of the molecule is CCCNC(=O)C(Cc1ccccc1)N(Cc1ccc(C)cc1)C(=O)COc1cc(C)c(Cl)c(C)c1. The van der Waals surface area contributed by atoms with Gasteiger partial charge in [0.1, 0.15) is 11.8 Å². The van der Waals surface area contributed by atoms with Gasteiger partial charge in [0.25, 0.3) is 5.91 Å². The van der Waals surface area contributed by atoms with Crippen LogP contribution in [0.4, 0.5) is 0 Å². The van der Waals surface area contributed by atoms with Crippen LogP contribution in [0.3, 0.4) is 0 Å². The zero-order valence-corrected chi connectivity index (χ0v) is 22.3. The minimum Gasteiger partial charge on any atom is -0.484 e. The zero-order valence-electron chi connectivity index (χ0n) is 21.5. The lowest BCUT2D eigenvalue weighted by molar-refractivity contribution is -0.142. The number of hydrogen-bond donors (Lipinski definition) is 1. The van der Waals surface area contributed by atoms with Gasteiger partial charge < -0.3 is 15.0 Å². The van der Waals surface area contributed by atoms with Crippen LogP contribution in [0.1, 0.15) is 41.2 Å². The largest absolute Gasteiger partial charge is 0.484 e. The maximum absolute atomic E-state index is 13.6. The van der Waals surface area contributed by atoms with Crippen LogP contribution in [0, 0.1) is 20.8 Å². The second-order valence-electron chi connectivity index (χ2n) is 9.16. The molecule has 0 spiro atoms. The van der Waals surface area contributed by atoms with Crippen molar-refractivity contribution >= 4 is 23.4 Å². The predicted octanol–water partition coefficient (Wildman–Crippen LogP) is 5.81. The first kappa shape index (κ1) is 27.3. The normalized spacial score (nSPS) is 11.6. The number of ether oxygens (including phenoxy) is 1. The van der Waals surface area contributed by atoms with E-state index in [0.29, 0.717) is 30.3 Å². The number of carbonyl (C=O) groups is 2. The highest BCUT2D eigenvalue weighted by Gasteiger charge is 2.30. The molecule has 3 aromatic carbocycles. The maximum atomic E-state index is 13.6. The lowest BCUT2D eigenvalue weighted by Gasteiger charge is -2.31. The van der Waals surface area contributed by atoms with Crippen molar-refractivity contribution in [3.63, 3.8) is 0 Å². The van der Waals surface area contributed by atoms with Gasteiger partial charge in [-0.3, -0.25) is 9.59 Å². The number of aryl methyl sites for hydroxylation is 3. The zero-order chi connectivity index (χ0) is 26.1. The Morgan fingerprint density at radius 1 is 0.944 bits per heavy atom. The quantitative estimate of drug-likeness (QED) is 0.357. The molecule has 0 radical (unpaired) electrons. The van der Waals surface area contributed by atoms with E-state index in [-0.39, 0.29) is 18.4 Å². The molecule has 0 saturated heterocycles. The third-order valence-corrected chi connectivity index (χ3v) is 6.66. The second kappa shape index (κ2) is 13.1. The van der Waals surface area contributed by atoms with Gasteiger partial charge in [0.15, 0.2) is 6.61 Å². The highest BCUT2D eigenvalue weighted by molar-refractivity contribution is 6.32. The molecule has 0 saturated carbocycles. The highest BCUT2D eigenvalue weighted by atomic mass is 35.5. The van der Waals surface area contributed by atoms with E-state index in [9.17, 15) is 9.59 Å². The summed E-state index contributed by atoms with van der Waals surface area (Å²) in [5.41, 5.74) is 4.84. The standard InChI is InChI=1S/C30H35ClN2O3/c1-5-15-32-30(35)27(18-24-9-7-6-8-10-24)33(19-25-13-11-21(2)12-14-25)28(34)20-36-26-16-22(3)29(31)23(4)17-26/h6-14,16-17,27H,5,15,18-20H2,1-4H3,(H,32,35). The number of nitrogens with zero attached hydrogens (tertiary/aromatic N) is 1. The van der Waals surface area contributed by atoms with Gasteiger partial charge in [-0.05, 0) is 61.6 Å². The number of benzene rings is 3. The number of amides is 2. The van der Waals surface area contributed by atoms with Crippen molar-refractivity contribution in [1.82, 2.24) is 10.2 Å². The molecule has 1 N–H and O–H groups in total. The van der Waals surface area contributed by atoms with E-state index in [1.807, 2.05) is 94.4 Å². The topological polar surface area (TPSA) is 58.6 Å². The van der Waals surface area contributed by atoms with E-state index in [4.69, 9.17) is 16.3 Å². The molecule has 0 heterocycles. The average Bonchev–Trinajstić information content (AvgIpc) is 2.88. The third kappa shape index (κ3) is 7.59. The van der Waals surface area contributed by atoms with Gasteiger partial charge >= 0.3 is 0 Å². The smallest absolute Gasteiger partial charge is 0.261 e. The van der Waals surface area contributed by atoms with Crippen LogP contribution in [0.2, 0.25) is 5.02 Å². The van der Waals surface area contributed by atoms with Crippen molar-refractivity contribution in [2.24, 2.45) is 0 Å². The van der Waals surface area contributed by atoms with E-state index in [2.05, 4.69) is 5.32 Å². The molecule has 2 amide bonds. The van der Waals surface area contributed by atoms with Crippen LogP contribution in [0.25, 0.3) is 0 Å². The Hall–Kier alpha value is -3.31. The summed E-state index contributed by atoms with van der Waals surface area (Å²) in [7, 11) is 0. The number of carbonyl (C=O) groups excluding carboxylic acids is 2. The first-order valence-corrected chi connectivity index (χ1v) is 12.7. The van der Waals surface area contributed by atoms with Gasteiger partial charge in [-0.2, -0.15) is 0 Å². The van der Waals surface area contributed by atoms with Crippen LogP contribution in [-0.4, -0.2) is 35.9 Å². The Labute approximate surface area is 219 Å². The fraction of sp³-hybridized carbons (Fsp3) is 0.333. The Balaban J connectivity index is 1.90. The lowest BCUT2D eigenvalue weighted by Crippen LogP contribution is -2.51. The van der Waals surface area contributed by atoms with Gasteiger partial charge in [-0.1, -0.05) is 78.7 Å². The van der Waals surface area contributed by atoms with Crippen LogP contribution in [-0.2, 0) is 22.6 Å². The number of halogens is 1. The number of nitrogens with one attached hydrogen (secondary N) is 1. The van der Waals surface area contributed by atoms with Crippen molar-refractivity contribution in [1.29, 1.82) is 0 Å². The minimum atomic E-state index is -0.676. The molecule has 190 valence electrons. The minimum absolute atomic E-state index is 0.167. The van der Waals surface area contributed by atoms with E-state index in [1.54, 1.807) is 4.90 Å². The molecule has 0 fully saturated rings. The first-order chi connectivity index (χ1) is 17.3. The van der Waals surface area contributed by atoms with E-state index in [0.717, 1.165) is 34.2 Å². The molecular weight excluding hydrogens is 472 g/mol. The molecule has 0 bridgehead atoms. The van der Waals surface area contributed by atoms with E-state index < -0.39 is 6.04 Å². The van der Waals surface area contributed by atoms with Gasteiger partial charge in [-0.25, -0.2) is 0 Å². The molecule has 0 aliphatic heterocycles. The molecule has 0 aromatic heterocycles. The van der Waals surface area contributed by atoms with E-state index >= 15 is 0 Å². The summed E-state index contributed by atoms with van der Waals surface area (Å²) in [5, 5.41) is 3.67. The van der Waals surface area contributed by atoms with Crippen LogP contribution in [0.15, 0.2) is 66.7 Å². The molecule has 6 heteroatoms. The molecule has 1 atom stereocenters. The Morgan fingerprint density at radius 2 is 1.58 bits per heavy atom. The lowest BCUT2D eigenvalue weighted by atomic mass is 10.0. The van der Waals surface area contributed by atoms with Crippen molar-refractivity contribution in [3.05, 3.63) is 99.6 Å². The first-order valence-electron chi connectivity index (χ1n) is 12.3. The Bertz CT molecular complexity index is 1140. The number of rotatable bonds is 11. The maximum Gasteiger partial charge on any atom is 0.261 e. The Morgan fingerprint density at radius 3 is 2.19 bits per heavy atom.